The molecule has 0 saturated heterocycles. The highest BCUT2D eigenvalue weighted by molar-refractivity contribution is 7.88. The van der Waals surface area contributed by atoms with E-state index in [2.05, 4.69) is 14.8 Å². The maximum absolute atomic E-state index is 13.0. The minimum Gasteiger partial charge on any atom is -0.248 e. The summed E-state index contributed by atoms with van der Waals surface area (Å²) in [6, 6.07) is 4.09. The number of fused-ring (bicyclic) bond motifs is 1. The minimum atomic E-state index is -4.60. The van der Waals surface area contributed by atoms with E-state index in [4.69, 9.17) is 0 Å². The van der Waals surface area contributed by atoms with Crippen molar-refractivity contribution in [3.8, 4) is 0 Å². The van der Waals surface area contributed by atoms with Gasteiger partial charge in [0, 0.05) is 6.54 Å². The van der Waals surface area contributed by atoms with Gasteiger partial charge in [0.15, 0.2) is 0 Å². The second kappa shape index (κ2) is 6.17. The van der Waals surface area contributed by atoms with E-state index in [0.29, 0.717) is 25.2 Å². The topological polar surface area (TPSA) is 76.9 Å². The van der Waals surface area contributed by atoms with Crippen LogP contribution in [0.15, 0.2) is 30.6 Å². The smallest absolute Gasteiger partial charge is 0.248 e. The number of benzene rings is 1. The second-order valence-electron chi connectivity index (χ2n) is 5.57. The molecule has 2 heterocycles. The minimum absolute atomic E-state index is 0.283. The molecular weight excluding hydrogens is 345 g/mol. The summed E-state index contributed by atoms with van der Waals surface area (Å²) in [7, 11) is -3.97. The summed E-state index contributed by atoms with van der Waals surface area (Å²) in [5.41, 5.74) is -1.23. The molecule has 1 aliphatic rings. The van der Waals surface area contributed by atoms with E-state index in [1.807, 2.05) is 0 Å². The van der Waals surface area contributed by atoms with Crippen LogP contribution in [-0.4, -0.2) is 23.2 Å². The Morgan fingerprint density at radius 1 is 1.29 bits per heavy atom. The Morgan fingerprint density at radius 3 is 2.79 bits per heavy atom. The Hall–Kier alpha value is -1.94. The van der Waals surface area contributed by atoms with E-state index < -0.39 is 33.6 Å². The number of alkyl halides is 3. The van der Waals surface area contributed by atoms with Crippen LogP contribution < -0.4 is 4.72 Å². The molecule has 3 rings (SSSR count). The third-order valence-corrected chi connectivity index (χ3v) is 5.14. The summed E-state index contributed by atoms with van der Waals surface area (Å²) in [5, 5.41) is 3.99. The first-order chi connectivity index (χ1) is 11.3. The van der Waals surface area contributed by atoms with Crippen molar-refractivity contribution in [1.29, 1.82) is 0 Å². The molecule has 0 fully saturated rings. The van der Waals surface area contributed by atoms with Crippen LogP contribution in [0.4, 0.5) is 13.2 Å². The molecule has 0 bridgehead atoms. The molecule has 2 aromatic rings. The van der Waals surface area contributed by atoms with Gasteiger partial charge in [0.25, 0.3) is 0 Å². The molecule has 1 N–H and O–H groups in total. The second-order valence-corrected chi connectivity index (χ2v) is 7.32. The van der Waals surface area contributed by atoms with Crippen molar-refractivity contribution in [3.05, 3.63) is 47.5 Å². The molecule has 6 nitrogen and oxygen atoms in total. The number of nitrogens with one attached hydrogen (secondary N) is 1. The van der Waals surface area contributed by atoms with Gasteiger partial charge >= 0.3 is 6.18 Å². The summed E-state index contributed by atoms with van der Waals surface area (Å²) in [6.45, 7) is 0.643. The van der Waals surface area contributed by atoms with Gasteiger partial charge in [0.2, 0.25) is 10.0 Å². The average Bonchev–Trinajstić information content (AvgIpc) is 2.95. The molecule has 24 heavy (non-hydrogen) atoms. The van der Waals surface area contributed by atoms with E-state index in [0.717, 1.165) is 6.07 Å². The first-order valence-corrected chi connectivity index (χ1v) is 8.94. The molecule has 0 unspecified atom stereocenters. The Bertz CT molecular complexity index is 833. The van der Waals surface area contributed by atoms with Crippen LogP contribution in [0.1, 0.15) is 35.8 Å². The zero-order valence-corrected chi connectivity index (χ0v) is 13.3. The summed E-state index contributed by atoms with van der Waals surface area (Å²) < 4.78 is 67.7. The van der Waals surface area contributed by atoms with Gasteiger partial charge in [0.05, 0.1) is 17.4 Å². The number of nitrogens with zero attached hydrogens (tertiary/aromatic N) is 3. The third-order valence-electron chi connectivity index (χ3n) is 3.81. The number of aromatic nitrogens is 3. The van der Waals surface area contributed by atoms with Crippen molar-refractivity contribution in [2.24, 2.45) is 0 Å². The SMILES string of the molecule is O=S(=O)(Cc1ccccc1C(F)(F)F)N[C@@H]1CCCn2ncnc21. The maximum atomic E-state index is 13.0. The number of rotatable bonds is 4. The van der Waals surface area contributed by atoms with Gasteiger partial charge in [-0.3, -0.25) is 0 Å². The largest absolute Gasteiger partial charge is 0.416 e. The third kappa shape index (κ3) is 3.59. The molecule has 0 spiro atoms. The van der Waals surface area contributed by atoms with E-state index in [-0.39, 0.29) is 5.56 Å². The highest BCUT2D eigenvalue weighted by Crippen LogP contribution is 2.33. The van der Waals surface area contributed by atoms with Crippen LogP contribution >= 0.6 is 0 Å². The van der Waals surface area contributed by atoms with Crippen molar-refractivity contribution in [1.82, 2.24) is 19.5 Å². The highest BCUT2D eigenvalue weighted by atomic mass is 32.2. The van der Waals surface area contributed by atoms with Crippen molar-refractivity contribution >= 4 is 10.0 Å². The van der Waals surface area contributed by atoms with Crippen LogP contribution in [0.3, 0.4) is 0 Å². The zero-order chi connectivity index (χ0) is 17.4. The fourth-order valence-corrected chi connectivity index (χ4v) is 4.19. The molecule has 1 aliphatic heterocycles. The number of aryl methyl sites for hydroxylation is 1. The summed E-state index contributed by atoms with van der Waals surface area (Å²) in [6.07, 6.45) is -2.03. The highest BCUT2D eigenvalue weighted by Gasteiger charge is 2.34. The van der Waals surface area contributed by atoms with Gasteiger partial charge in [-0.15, -0.1) is 0 Å². The summed E-state index contributed by atoms with van der Waals surface area (Å²) in [5.74, 6) is -0.262. The van der Waals surface area contributed by atoms with Gasteiger partial charge in [-0.2, -0.15) is 18.3 Å². The quantitative estimate of drug-likeness (QED) is 0.907. The van der Waals surface area contributed by atoms with Crippen molar-refractivity contribution < 1.29 is 21.6 Å². The Morgan fingerprint density at radius 2 is 2.04 bits per heavy atom. The van der Waals surface area contributed by atoms with Crippen LogP contribution in [0.25, 0.3) is 0 Å². The fraction of sp³-hybridized carbons (Fsp3) is 0.429. The van der Waals surface area contributed by atoms with E-state index >= 15 is 0 Å². The molecular formula is C14H15F3N4O2S. The lowest BCUT2D eigenvalue weighted by Gasteiger charge is -2.23. The van der Waals surface area contributed by atoms with Crippen molar-refractivity contribution in [2.45, 2.75) is 37.4 Å². The summed E-state index contributed by atoms with van der Waals surface area (Å²) in [4.78, 5) is 4.03. The molecule has 0 saturated carbocycles. The van der Waals surface area contributed by atoms with Gasteiger partial charge in [-0.25, -0.2) is 22.8 Å². The molecule has 130 valence electrons. The molecule has 0 radical (unpaired) electrons. The molecule has 1 aromatic heterocycles. The standard InChI is InChI=1S/C14H15F3N4O2S/c15-14(16,17)11-5-2-1-4-10(11)8-24(22,23)20-12-6-3-7-21-13(12)18-9-19-21/h1-2,4-5,9,12,20H,3,6-8H2/t12-/m1/s1. The van der Waals surface area contributed by atoms with Gasteiger partial charge < -0.3 is 0 Å². The average molecular weight is 360 g/mol. The van der Waals surface area contributed by atoms with E-state index in [1.165, 1.54) is 24.5 Å². The lowest BCUT2D eigenvalue weighted by Crippen LogP contribution is -2.34. The number of halogens is 3. The van der Waals surface area contributed by atoms with Gasteiger partial charge in [-0.1, -0.05) is 18.2 Å². The van der Waals surface area contributed by atoms with E-state index in [9.17, 15) is 21.6 Å². The number of sulfonamides is 1. The zero-order valence-electron chi connectivity index (χ0n) is 12.5. The van der Waals surface area contributed by atoms with Crippen molar-refractivity contribution in [2.75, 3.05) is 0 Å². The van der Waals surface area contributed by atoms with Crippen LogP contribution in [-0.2, 0) is 28.5 Å². The number of hydrogen-bond donors (Lipinski definition) is 1. The lowest BCUT2D eigenvalue weighted by molar-refractivity contribution is -0.138. The molecule has 1 atom stereocenters. The maximum Gasteiger partial charge on any atom is 0.416 e. The van der Waals surface area contributed by atoms with Crippen molar-refractivity contribution in [3.63, 3.8) is 0 Å². The first-order valence-electron chi connectivity index (χ1n) is 7.29. The van der Waals surface area contributed by atoms with Crippen LogP contribution in [0.2, 0.25) is 0 Å². The van der Waals surface area contributed by atoms with Crippen LogP contribution in [0, 0.1) is 0 Å². The van der Waals surface area contributed by atoms with E-state index in [1.54, 1.807) is 4.68 Å². The predicted octanol–water partition coefficient (Wildman–Crippen LogP) is 2.25. The Labute approximate surface area is 136 Å². The Kier molecular flexibility index (Phi) is 4.35. The van der Waals surface area contributed by atoms with Crippen LogP contribution in [0.5, 0.6) is 0 Å². The fourth-order valence-electron chi connectivity index (χ4n) is 2.79. The molecule has 10 heteroatoms. The molecule has 1 aromatic carbocycles. The first kappa shape index (κ1) is 16.9. The monoisotopic (exact) mass is 360 g/mol. The molecule has 0 aliphatic carbocycles. The predicted molar refractivity (Wildman–Crippen MR) is 79.2 cm³/mol. The van der Waals surface area contributed by atoms with Gasteiger partial charge in [0.1, 0.15) is 12.2 Å². The molecule has 0 amide bonds. The van der Waals surface area contributed by atoms with Gasteiger partial charge in [-0.05, 0) is 24.5 Å². The normalized spacial score (nSPS) is 18.4. The lowest BCUT2D eigenvalue weighted by atomic mass is 10.1. The Balaban J connectivity index is 1.82. The number of hydrogen-bond acceptors (Lipinski definition) is 4. The summed E-state index contributed by atoms with van der Waals surface area (Å²) >= 11 is 0.